The van der Waals surface area contributed by atoms with E-state index in [2.05, 4.69) is 102 Å². The molecule has 3 aromatic carbocycles. The number of aromatic nitrogens is 6. The molecule has 0 saturated carbocycles. The first kappa shape index (κ1) is 24.7. The molecule has 0 atom stereocenters. The first-order chi connectivity index (χ1) is 19.0. The van der Waals surface area contributed by atoms with Crippen LogP contribution in [0.15, 0.2) is 91.6 Å². The van der Waals surface area contributed by atoms with Crippen LogP contribution in [0.3, 0.4) is 0 Å². The van der Waals surface area contributed by atoms with Crippen LogP contribution in [0.2, 0.25) is 0 Å². The van der Waals surface area contributed by atoms with Crippen molar-refractivity contribution in [1.29, 1.82) is 0 Å². The van der Waals surface area contributed by atoms with Crippen molar-refractivity contribution < 1.29 is 4.74 Å². The summed E-state index contributed by atoms with van der Waals surface area (Å²) in [4.78, 5) is 4.22. The summed E-state index contributed by atoms with van der Waals surface area (Å²) in [5.74, 6) is 2.73. The van der Waals surface area contributed by atoms with Gasteiger partial charge in [-0.05, 0) is 65.9 Å². The number of imidazole rings is 1. The highest BCUT2D eigenvalue weighted by molar-refractivity contribution is 5.83. The van der Waals surface area contributed by atoms with Gasteiger partial charge in [-0.1, -0.05) is 44.2 Å². The van der Waals surface area contributed by atoms with E-state index < -0.39 is 0 Å². The molecule has 0 aliphatic carbocycles. The molecule has 0 N–H and O–H groups in total. The van der Waals surface area contributed by atoms with Gasteiger partial charge in [-0.2, -0.15) is 0 Å². The Hall–Kier alpha value is -4.65. The van der Waals surface area contributed by atoms with Gasteiger partial charge in [0.1, 0.15) is 12.4 Å². The Morgan fingerprint density at radius 3 is 2.54 bits per heavy atom. The van der Waals surface area contributed by atoms with E-state index in [1.54, 1.807) is 12.5 Å². The lowest BCUT2D eigenvalue weighted by Crippen LogP contribution is -2.08. The van der Waals surface area contributed by atoms with E-state index in [-0.39, 0.29) is 0 Å². The molecule has 39 heavy (non-hydrogen) atoms. The van der Waals surface area contributed by atoms with Crippen LogP contribution in [0, 0.1) is 6.92 Å². The molecule has 0 fully saturated rings. The van der Waals surface area contributed by atoms with E-state index in [1.807, 2.05) is 29.0 Å². The quantitative estimate of drug-likeness (QED) is 0.226. The van der Waals surface area contributed by atoms with E-state index in [1.165, 1.54) is 16.6 Å². The number of benzene rings is 3. The minimum absolute atomic E-state index is 0.356. The molecule has 3 heterocycles. The van der Waals surface area contributed by atoms with Crippen LogP contribution in [0.5, 0.6) is 5.75 Å². The van der Waals surface area contributed by atoms with Gasteiger partial charge >= 0.3 is 0 Å². The van der Waals surface area contributed by atoms with Crippen molar-refractivity contribution in [2.75, 3.05) is 0 Å². The van der Waals surface area contributed by atoms with Crippen molar-refractivity contribution in [3.8, 4) is 22.8 Å². The third-order valence-electron chi connectivity index (χ3n) is 7.21. The van der Waals surface area contributed by atoms with Crippen molar-refractivity contribution in [2.45, 2.75) is 39.8 Å². The highest BCUT2D eigenvalue weighted by Gasteiger charge is 2.22. The normalized spacial score (nSPS) is 11.5. The summed E-state index contributed by atoms with van der Waals surface area (Å²) in [6, 6.07) is 23.2. The number of fused-ring (bicyclic) bond motifs is 1. The van der Waals surface area contributed by atoms with Gasteiger partial charge in [0.2, 0.25) is 0 Å². The van der Waals surface area contributed by atoms with Gasteiger partial charge in [0, 0.05) is 42.2 Å². The Labute approximate surface area is 228 Å². The molecule has 0 unspecified atom stereocenters. The number of nitrogens with zero attached hydrogens (tertiary/aromatic N) is 6. The lowest BCUT2D eigenvalue weighted by molar-refractivity contribution is 0.307. The predicted octanol–water partition coefficient (Wildman–Crippen LogP) is 6.68. The summed E-state index contributed by atoms with van der Waals surface area (Å²) in [7, 11) is 2.06. The molecule has 7 nitrogen and oxygen atoms in total. The molecule has 0 aliphatic heterocycles. The van der Waals surface area contributed by atoms with Gasteiger partial charge in [-0.3, -0.25) is 4.57 Å². The summed E-state index contributed by atoms with van der Waals surface area (Å²) in [5, 5.41) is 10.6. The highest BCUT2D eigenvalue weighted by Crippen LogP contribution is 2.37. The Kier molecular flexibility index (Phi) is 6.49. The summed E-state index contributed by atoms with van der Waals surface area (Å²) >= 11 is 0. The zero-order valence-electron chi connectivity index (χ0n) is 22.7. The van der Waals surface area contributed by atoms with Crippen molar-refractivity contribution in [3.63, 3.8) is 0 Å². The predicted molar refractivity (Wildman–Crippen MR) is 154 cm³/mol. The maximum atomic E-state index is 6.47. The fraction of sp³-hybridized carbons (Fsp3) is 0.219. The summed E-state index contributed by atoms with van der Waals surface area (Å²) in [6.07, 6.45) is 7.60. The zero-order valence-corrected chi connectivity index (χ0v) is 22.7. The van der Waals surface area contributed by atoms with Crippen molar-refractivity contribution in [1.82, 2.24) is 28.9 Å². The first-order valence-electron chi connectivity index (χ1n) is 13.2. The molecule has 0 bridgehead atoms. The second-order valence-electron chi connectivity index (χ2n) is 10.3. The molecule has 6 aromatic rings. The van der Waals surface area contributed by atoms with Crippen molar-refractivity contribution >= 4 is 10.9 Å². The van der Waals surface area contributed by atoms with Crippen LogP contribution in [-0.4, -0.2) is 28.9 Å². The Morgan fingerprint density at radius 2 is 1.77 bits per heavy atom. The molecule has 3 aromatic heterocycles. The average Bonchev–Trinajstić information content (AvgIpc) is 3.69. The maximum absolute atomic E-state index is 6.47. The molecule has 7 heteroatoms. The van der Waals surface area contributed by atoms with Crippen LogP contribution >= 0.6 is 0 Å². The van der Waals surface area contributed by atoms with Gasteiger partial charge < -0.3 is 13.9 Å². The number of ether oxygens (including phenoxy) is 1. The van der Waals surface area contributed by atoms with E-state index in [0.717, 1.165) is 39.6 Å². The summed E-state index contributed by atoms with van der Waals surface area (Å²) < 4.78 is 12.8. The van der Waals surface area contributed by atoms with Crippen LogP contribution in [0.4, 0.5) is 0 Å². The van der Waals surface area contributed by atoms with Crippen LogP contribution in [0.25, 0.3) is 28.0 Å². The lowest BCUT2D eigenvalue weighted by atomic mass is 9.94. The second-order valence-corrected chi connectivity index (χ2v) is 10.3. The fourth-order valence-corrected chi connectivity index (χ4v) is 5.17. The Morgan fingerprint density at radius 1 is 0.923 bits per heavy atom. The Bertz CT molecular complexity index is 1730. The molecule has 0 spiro atoms. The van der Waals surface area contributed by atoms with Crippen molar-refractivity contribution in [2.24, 2.45) is 7.05 Å². The van der Waals surface area contributed by atoms with Crippen LogP contribution in [-0.2, 0) is 20.2 Å². The smallest absolute Gasteiger partial charge is 0.172 e. The minimum Gasteiger partial charge on any atom is -0.488 e. The molecule has 196 valence electrons. The van der Waals surface area contributed by atoms with Crippen LogP contribution in [0.1, 0.15) is 42.3 Å². The van der Waals surface area contributed by atoms with E-state index in [0.29, 0.717) is 19.1 Å². The molecule has 0 aliphatic rings. The summed E-state index contributed by atoms with van der Waals surface area (Å²) in [6.45, 7) is 7.60. The minimum atomic E-state index is 0.356. The van der Waals surface area contributed by atoms with Gasteiger partial charge in [0.15, 0.2) is 11.6 Å². The Balaban J connectivity index is 1.52. The molecule has 0 saturated heterocycles. The van der Waals surface area contributed by atoms with Gasteiger partial charge in [-0.15, -0.1) is 10.2 Å². The zero-order chi connectivity index (χ0) is 26.9. The largest absolute Gasteiger partial charge is 0.488 e. The molecule has 0 radical (unpaired) electrons. The SMILES string of the molecule is Cc1cc(OCc2ccccc2)c(-c2nnc(Cn3ccnc3)n2-c2ccc3c(ccn3C)c2)cc1C(C)C. The average molecular weight is 517 g/mol. The third kappa shape index (κ3) is 4.83. The van der Waals surface area contributed by atoms with E-state index in [9.17, 15) is 0 Å². The highest BCUT2D eigenvalue weighted by atomic mass is 16.5. The number of hydrogen-bond acceptors (Lipinski definition) is 4. The van der Waals surface area contributed by atoms with E-state index in [4.69, 9.17) is 9.84 Å². The van der Waals surface area contributed by atoms with Gasteiger partial charge in [0.05, 0.1) is 18.4 Å². The molecular weight excluding hydrogens is 484 g/mol. The molecule has 0 amide bonds. The third-order valence-corrected chi connectivity index (χ3v) is 7.21. The molecule has 6 rings (SSSR count). The standard InChI is InChI=1S/C32H32N6O/c1-22(2)27-18-28(30(16-23(27)3)39-20-24-8-6-5-7-9-24)32-35-34-31(19-37-15-13-33-21-37)38(32)26-10-11-29-25(17-26)12-14-36(29)4/h5-18,21-22H,19-20H2,1-4H3. The maximum Gasteiger partial charge on any atom is 0.172 e. The van der Waals surface area contributed by atoms with Crippen molar-refractivity contribution in [3.05, 3.63) is 114 Å². The number of rotatable bonds is 8. The number of hydrogen-bond donors (Lipinski definition) is 0. The molecular formula is C32H32N6O. The second kappa shape index (κ2) is 10.3. The summed E-state index contributed by atoms with van der Waals surface area (Å²) in [5.41, 5.74) is 6.69. The van der Waals surface area contributed by atoms with Gasteiger partial charge in [-0.25, -0.2) is 4.98 Å². The number of aryl methyl sites for hydroxylation is 2. The van der Waals surface area contributed by atoms with Crippen LogP contribution < -0.4 is 4.74 Å². The van der Waals surface area contributed by atoms with E-state index >= 15 is 0 Å². The van der Waals surface area contributed by atoms with Gasteiger partial charge in [0.25, 0.3) is 0 Å². The topological polar surface area (TPSA) is 62.7 Å². The lowest BCUT2D eigenvalue weighted by Gasteiger charge is -2.18. The monoisotopic (exact) mass is 516 g/mol. The fourth-order valence-electron chi connectivity index (χ4n) is 5.17. The first-order valence-corrected chi connectivity index (χ1v) is 13.2.